The number of halogens is 2. The van der Waals surface area contributed by atoms with Crippen molar-refractivity contribution in [2.75, 3.05) is 23.8 Å². The molecule has 1 aromatic carbocycles. The van der Waals surface area contributed by atoms with E-state index in [0.717, 1.165) is 24.3 Å². The number of anilines is 2. The van der Waals surface area contributed by atoms with Crippen molar-refractivity contribution >= 4 is 34.0 Å². The molecule has 2 nitrogen and oxygen atoms in total. The van der Waals surface area contributed by atoms with Gasteiger partial charge in [0.1, 0.15) is 5.82 Å². The summed E-state index contributed by atoms with van der Waals surface area (Å²) in [5, 5.41) is 3.35. The van der Waals surface area contributed by atoms with E-state index >= 15 is 0 Å². The molecule has 1 N–H and O–H groups in total. The fourth-order valence-electron chi connectivity index (χ4n) is 1.95. The first-order chi connectivity index (χ1) is 7.13. The van der Waals surface area contributed by atoms with E-state index in [-0.39, 0.29) is 5.82 Å². The maximum atomic E-state index is 13.4. The number of nitrogens with zero attached hydrogens (tertiary/aromatic N) is 1. The van der Waals surface area contributed by atoms with Crippen LogP contribution in [0.25, 0.3) is 0 Å². The van der Waals surface area contributed by atoms with Gasteiger partial charge in [0, 0.05) is 25.7 Å². The van der Waals surface area contributed by atoms with E-state index in [9.17, 15) is 4.39 Å². The largest absolute Gasteiger partial charge is 0.381 e. The first kappa shape index (κ1) is 11.0. The van der Waals surface area contributed by atoms with E-state index in [1.165, 1.54) is 0 Å². The zero-order valence-corrected chi connectivity index (χ0v) is 11.0. The second-order valence-corrected chi connectivity index (χ2v) is 5.00. The Bertz CT molecular complexity index is 381. The number of hydrogen-bond acceptors (Lipinski definition) is 2. The minimum Gasteiger partial charge on any atom is -0.381 e. The average molecular weight is 320 g/mol. The Labute approximate surface area is 103 Å². The average Bonchev–Trinajstić information content (AvgIpc) is 2.22. The Kier molecular flexibility index (Phi) is 3.04. The van der Waals surface area contributed by atoms with Crippen molar-refractivity contribution in [3.05, 3.63) is 21.5 Å². The van der Waals surface area contributed by atoms with Gasteiger partial charge in [0.25, 0.3) is 0 Å². The van der Waals surface area contributed by atoms with Gasteiger partial charge in [0.15, 0.2) is 0 Å². The van der Waals surface area contributed by atoms with Gasteiger partial charge >= 0.3 is 0 Å². The number of likely N-dealkylation sites (N-methyl/N-ethyl adjacent to an activating group) is 1. The molecule has 1 aliphatic rings. The third-order valence-electron chi connectivity index (χ3n) is 2.97. The highest BCUT2D eigenvalue weighted by Crippen LogP contribution is 2.33. The number of fused-ring (bicyclic) bond motifs is 1. The molecule has 0 spiro atoms. The van der Waals surface area contributed by atoms with Crippen LogP contribution in [0.2, 0.25) is 0 Å². The number of nitrogens with one attached hydrogen (secondary N) is 1. The summed E-state index contributed by atoms with van der Waals surface area (Å²) in [6, 6.07) is 3.94. The lowest BCUT2D eigenvalue weighted by atomic mass is 10.1. The zero-order valence-electron chi connectivity index (χ0n) is 8.85. The van der Waals surface area contributed by atoms with E-state index in [1.54, 1.807) is 6.07 Å². The highest BCUT2D eigenvalue weighted by Gasteiger charge is 2.22. The molecule has 0 aromatic heterocycles. The monoisotopic (exact) mass is 320 g/mol. The van der Waals surface area contributed by atoms with Crippen LogP contribution in [-0.2, 0) is 0 Å². The molecule has 1 atom stereocenters. The Morgan fingerprint density at radius 3 is 3.00 bits per heavy atom. The number of rotatable bonds is 1. The van der Waals surface area contributed by atoms with E-state index in [0.29, 0.717) is 9.61 Å². The van der Waals surface area contributed by atoms with Gasteiger partial charge in [0.2, 0.25) is 0 Å². The maximum Gasteiger partial charge on any atom is 0.138 e. The molecule has 0 amide bonds. The molecular formula is C11H14FIN2. The zero-order chi connectivity index (χ0) is 11.0. The molecule has 0 aliphatic carbocycles. The highest BCUT2D eigenvalue weighted by atomic mass is 127. The standard InChI is InChI=1S/C11H14FIN2/c1-3-7-6-14-10-5-9(13)8(12)4-11(10)15(7)2/h4-5,7,14H,3,6H2,1-2H3. The van der Waals surface area contributed by atoms with E-state index in [4.69, 9.17) is 0 Å². The maximum absolute atomic E-state index is 13.4. The van der Waals surface area contributed by atoms with Crippen LogP contribution in [0.3, 0.4) is 0 Å². The van der Waals surface area contributed by atoms with Crippen LogP contribution in [0.1, 0.15) is 13.3 Å². The van der Waals surface area contributed by atoms with Gasteiger partial charge in [-0.25, -0.2) is 4.39 Å². The highest BCUT2D eigenvalue weighted by molar-refractivity contribution is 14.1. The SMILES string of the molecule is CCC1CNc2cc(I)c(F)cc2N1C. The third kappa shape index (κ3) is 1.91. The van der Waals surface area contributed by atoms with E-state index in [2.05, 4.69) is 17.1 Å². The topological polar surface area (TPSA) is 15.3 Å². The van der Waals surface area contributed by atoms with Crippen molar-refractivity contribution in [2.24, 2.45) is 0 Å². The van der Waals surface area contributed by atoms with Gasteiger partial charge in [-0.05, 0) is 35.1 Å². The summed E-state index contributed by atoms with van der Waals surface area (Å²) in [6.07, 6.45) is 1.07. The van der Waals surface area contributed by atoms with Gasteiger partial charge in [-0.2, -0.15) is 0 Å². The molecule has 0 saturated carbocycles. The smallest absolute Gasteiger partial charge is 0.138 e. The molecule has 2 rings (SSSR count). The molecule has 1 unspecified atom stereocenters. The Morgan fingerprint density at radius 1 is 1.60 bits per heavy atom. The summed E-state index contributed by atoms with van der Waals surface area (Å²) in [5.41, 5.74) is 2.00. The molecule has 1 heterocycles. The van der Waals surface area contributed by atoms with Crippen molar-refractivity contribution in [1.29, 1.82) is 0 Å². The predicted molar refractivity (Wildman–Crippen MR) is 70.1 cm³/mol. The van der Waals surface area contributed by atoms with Crippen LogP contribution in [0.5, 0.6) is 0 Å². The van der Waals surface area contributed by atoms with Crippen LogP contribution in [0.4, 0.5) is 15.8 Å². The van der Waals surface area contributed by atoms with Crippen molar-refractivity contribution in [1.82, 2.24) is 0 Å². The summed E-state index contributed by atoms with van der Waals surface area (Å²) >= 11 is 2.02. The van der Waals surface area contributed by atoms with Crippen molar-refractivity contribution in [3.63, 3.8) is 0 Å². The summed E-state index contributed by atoms with van der Waals surface area (Å²) in [7, 11) is 2.03. The fraction of sp³-hybridized carbons (Fsp3) is 0.455. The Morgan fingerprint density at radius 2 is 2.33 bits per heavy atom. The Balaban J connectivity index is 2.43. The molecule has 4 heteroatoms. The van der Waals surface area contributed by atoms with E-state index in [1.807, 2.05) is 35.7 Å². The van der Waals surface area contributed by atoms with Gasteiger partial charge in [-0.15, -0.1) is 0 Å². The normalized spacial score (nSPS) is 19.7. The lowest BCUT2D eigenvalue weighted by Crippen LogP contribution is -2.41. The van der Waals surface area contributed by atoms with Crippen LogP contribution >= 0.6 is 22.6 Å². The van der Waals surface area contributed by atoms with Crippen LogP contribution in [-0.4, -0.2) is 19.6 Å². The van der Waals surface area contributed by atoms with Crippen LogP contribution < -0.4 is 10.2 Å². The fourth-order valence-corrected chi connectivity index (χ4v) is 2.42. The van der Waals surface area contributed by atoms with Crippen LogP contribution in [0, 0.1) is 9.39 Å². The summed E-state index contributed by atoms with van der Waals surface area (Å²) < 4.78 is 14.1. The molecule has 0 fully saturated rings. The van der Waals surface area contributed by atoms with Crippen molar-refractivity contribution < 1.29 is 4.39 Å². The van der Waals surface area contributed by atoms with Crippen LogP contribution in [0.15, 0.2) is 12.1 Å². The first-order valence-electron chi connectivity index (χ1n) is 5.09. The van der Waals surface area contributed by atoms with Gasteiger partial charge in [-0.3, -0.25) is 0 Å². The second kappa shape index (κ2) is 4.15. The molecule has 0 saturated heterocycles. The molecule has 1 aromatic rings. The van der Waals surface area contributed by atoms with Gasteiger partial charge in [0.05, 0.1) is 14.9 Å². The van der Waals surface area contributed by atoms with Crippen molar-refractivity contribution in [3.8, 4) is 0 Å². The van der Waals surface area contributed by atoms with Gasteiger partial charge in [-0.1, -0.05) is 6.92 Å². The Hall–Kier alpha value is -0.520. The molecular weight excluding hydrogens is 306 g/mol. The quantitative estimate of drug-likeness (QED) is 0.800. The first-order valence-corrected chi connectivity index (χ1v) is 6.17. The number of benzene rings is 1. The molecule has 15 heavy (non-hydrogen) atoms. The minimum absolute atomic E-state index is 0.139. The molecule has 0 bridgehead atoms. The van der Waals surface area contributed by atoms with Gasteiger partial charge < -0.3 is 10.2 Å². The molecule has 0 radical (unpaired) electrons. The summed E-state index contributed by atoms with van der Waals surface area (Å²) in [6.45, 7) is 3.08. The lowest BCUT2D eigenvalue weighted by molar-refractivity contribution is 0.602. The number of hydrogen-bond donors (Lipinski definition) is 1. The van der Waals surface area contributed by atoms with E-state index < -0.39 is 0 Å². The third-order valence-corrected chi connectivity index (χ3v) is 3.79. The summed E-state index contributed by atoms with van der Waals surface area (Å²) in [5.74, 6) is -0.139. The lowest BCUT2D eigenvalue weighted by Gasteiger charge is -2.36. The predicted octanol–water partition coefficient (Wildman–Crippen LogP) is 3.07. The second-order valence-electron chi connectivity index (χ2n) is 3.84. The minimum atomic E-state index is -0.139. The molecule has 1 aliphatic heterocycles. The van der Waals surface area contributed by atoms with Crippen molar-refractivity contribution in [2.45, 2.75) is 19.4 Å². The molecule has 82 valence electrons. The summed E-state index contributed by atoms with van der Waals surface area (Å²) in [4.78, 5) is 2.16.